The van der Waals surface area contributed by atoms with Gasteiger partial charge < -0.3 is 14.5 Å². The number of fused-ring (bicyclic) bond motifs is 1. The topological polar surface area (TPSA) is 24.0 Å². The van der Waals surface area contributed by atoms with E-state index in [0.29, 0.717) is 5.92 Å². The highest BCUT2D eigenvalue weighted by atomic mass is 35.5. The molecule has 0 spiro atoms. The summed E-state index contributed by atoms with van der Waals surface area (Å²) in [5.74, 6) is 0.565. The molecule has 2 aromatic rings. The molecule has 2 heterocycles. The number of hydrogen-bond acceptors (Lipinski definition) is 2. The van der Waals surface area contributed by atoms with E-state index in [9.17, 15) is 0 Å². The molecule has 1 aromatic heterocycles. The molecular weight excluding hydrogens is 290 g/mol. The van der Waals surface area contributed by atoms with Gasteiger partial charge in [0.15, 0.2) is 4.77 Å². The summed E-state index contributed by atoms with van der Waals surface area (Å²) in [4.78, 5) is 5.79. The molecule has 1 N–H and O–H groups in total. The van der Waals surface area contributed by atoms with Crippen LogP contribution in [0.25, 0.3) is 11.0 Å². The minimum atomic E-state index is 0.565. The standard InChI is InChI=1S/C15H20ClN3S/c1-11(9-18-7-2-3-8-18)10-19-14-12(16)5-4-6-13(14)17-15(19)20/h4-6,11H,2-3,7-10H2,1H3,(H,17,20). The van der Waals surface area contributed by atoms with Gasteiger partial charge in [0.05, 0.1) is 16.1 Å². The maximum Gasteiger partial charge on any atom is 0.178 e. The first-order valence-electron chi connectivity index (χ1n) is 7.24. The third kappa shape index (κ3) is 2.78. The number of benzene rings is 1. The van der Waals surface area contributed by atoms with Gasteiger partial charge in [0.1, 0.15) is 0 Å². The fourth-order valence-corrected chi connectivity index (χ4v) is 3.68. The van der Waals surface area contributed by atoms with Crippen LogP contribution in [0, 0.1) is 10.7 Å². The molecule has 108 valence electrons. The monoisotopic (exact) mass is 309 g/mol. The number of halogens is 1. The second-order valence-electron chi connectivity index (χ2n) is 5.79. The Hall–Kier alpha value is -0.840. The van der Waals surface area contributed by atoms with Crippen LogP contribution in [0.3, 0.4) is 0 Å². The van der Waals surface area contributed by atoms with Gasteiger partial charge in [-0.3, -0.25) is 0 Å². The molecule has 1 unspecified atom stereocenters. The Morgan fingerprint density at radius 2 is 2.05 bits per heavy atom. The number of likely N-dealkylation sites (tertiary alicyclic amines) is 1. The molecule has 1 atom stereocenters. The fraction of sp³-hybridized carbons (Fsp3) is 0.533. The first-order chi connectivity index (χ1) is 9.65. The Morgan fingerprint density at radius 1 is 1.30 bits per heavy atom. The lowest BCUT2D eigenvalue weighted by Crippen LogP contribution is -2.27. The van der Waals surface area contributed by atoms with Crippen LogP contribution >= 0.6 is 23.8 Å². The Balaban J connectivity index is 1.83. The molecule has 1 saturated heterocycles. The first kappa shape index (κ1) is 14.1. The van der Waals surface area contributed by atoms with Crippen LogP contribution in [0.5, 0.6) is 0 Å². The van der Waals surface area contributed by atoms with Gasteiger partial charge in [-0.15, -0.1) is 0 Å². The minimum absolute atomic E-state index is 0.565. The number of imidazole rings is 1. The highest BCUT2D eigenvalue weighted by molar-refractivity contribution is 7.71. The van der Waals surface area contributed by atoms with Crippen molar-refractivity contribution in [1.82, 2.24) is 14.5 Å². The quantitative estimate of drug-likeness (QED) is 0.860. The van der Waals surface area contributed by atoms with Gasteiger partial charge in [0.2, 0.25) is 0 Å². The van der Waals surface area contributed by atoms with Crippen molar-refractivity contribution in [2.45, 2.75) is 26.3 Å². The molecule has 1 aliphatic rings. The molecule has 5 heteroatoms. The smallest absolute Gasteiger partial charge is 0.178 e. The van der Waals surface area contributed by atoms with E-state index in [1.54, 1.807) is 0 Å². The summed E-state index contributed by atoms with van der Waals surface area (Å²) in [6, 6.07) is 5.90. The number of nitrogens with one attached hydrogen (secondary N) is 1. The molecule has 3 rings (SSSR count). The van der Waals surface area contributed by atoms with Crippen LogP contribution in [-0.2, 0) is 6.54 Å². The van der Waals surface area contributed by atoms with E-state index >= 15 is 0 Å². The second-order valence-corrected chi connectivity index (χ2v) is 6.58. The van der Waals surface area contributed by atoms with E-state index in [1.165, 1.54) is 25.9 Å². The van der Waals surface area contributed by atoms with Crippen LogP contribution in [-0.4, -0.2) is 34.1 Å². The lowest BCUT2D eigenvalue weighted by molar-refractivity contribution is 0.272. The third-order valence-electron chi connectivity index (χ3n) is 4.01. The molecule has 0 aliphatic carbocycles. The predicted molar refractivity (Wildman–Crippen MR) is 87.0 cm³/mol. The highest BCUT2D eigenvalue weighted by Crippen LogP contribution is 2.24. The summed E-state index contributed by atoms with van der Waals surface area (Å²) in [6.45, 7) is 6.82. The number of para-hydroxylation sites is 1. The molecular formula is C15H20ClN3S. The van der Waals surface area contributed by atoms with Gasteiger partial charge in [0, 0.05) is 13.1 Å². The Morgan fingerprint density at radius 3 is 2.80 bits per heavy atom. The number of H-pyrrole nitrogens is 1. The van der Waals surface area contributed by atoms with Crippen LogP contribution in [0.15, 0.2) is 18.2 Å². The van der Waals surface area contributed by atoms with E-state index in [4.69, 9.17) is 23.8 Å². The molecule has 1 aliphatic heterocycles. The third-order valence-corrected chi connectivity index (χ3v) is 4.63. The van der Waals surface area contributed by atoms with Gasteiger partial charge in [0.25, 0.3) is 0 Å². The van der Waals surface area contributed by atoms with Crippen molar-refractivity contribution in [3.63, 3.8) is 0 Å². The van der Waals surface area contributed by atoms with Crippen molar-refractivity contribution in [1.29, 1.82) is 0 Å². The van der Waals surface area contributed by atoms with Crippen LogP contribution in [0.1, 0.15) is 19.8 Å². The second kappa shape index (κ2) is 5.88. The number of nitrogens with zero attached hydrogens (tertiary/aromatic N) is 2. The van der Waals surface area contributed by atoms with Crippen molar-refractivity contribution in [2.24, 2.45) is 5.92 Å². The van der Waals surface area contributed by atoms with E-state index in [-0.39, 0.29) is 0 Å². The lowest BCUT2D eigenvalue weighted by Gasteiger charge is -2.20. The zero-order valence-corrected chi connectivity index (χ0v) is 13.3. The van der Waals surface area contributed by atoms with Crippen molar-refractivity contribution in [3.05, 3.63) is 28.0 Å². The van der Waals surface area contributed by atoms with Crippen LogP contribution in [0.4, 0.5) is 0 Å². The molecule has 1 aromatic carbocycles. The molecule has 0 bridgehead atoms. The summed E-state index contributed by atoms with van der Waals surface area (Å²) in [7, 11) is 0. The van der Waals surface area contributed by atoms with Gasteiger partial charge in [-0.1, -0.05) is 24.6 Å². The summed E-state index contributed by atoms with van der Waals surface area (Å²) in [5, 5.41) is 0.767. The largest absolute Gasteiger partial charge is 0.331 e. The van der Waals surface area contributed by atoms with Gasteiger partial charge >= 0.3 is 0 Å². The van der Waals surface area contributed by atoms with Crippen molar-refractivity contribution >= 4 is 34.9 Å². The van der Waals surface area contributed by atoms with Crippen molar-refractivity contribution < 1.29 is 0 Å². The van der Waals surface area contributed by atoms with Crippen LogP contribution < -0.4 is 0 Å². The Bertz CT molecular complexity index is 655. The normalized spacial score (nSPS) is 17.9. The molecule has 1 fully saturated rings. The number of aromatic amines is 1. The maximum absolute atomic E-state index is 6.33. The van der Waals surface area contributed by atoms with E-state index in [1.807, 2.05) is 18.2 Å². The molecule has 20 heavy (non-hydrogen) atoms. The van der Waals surface area contributed by atoms with Gasteiger partial charge in [-0.2, -0.15) is 0 Å². The van der Waals surface area contributed by atoms with E-state index in [0.717, 1.165) is 33.9 Å². The lowest BCUT2D eigenvalue weighted by atomic mass is 10.1. The minimum Gasteiger partial charge on any atom is -0.331 e. The Labute approximate surface area is 129 Å². The zero-order valence-electron chi connectivity index (χ0n) is 11.7. The molecule has 0 radical (unpaired) electrons. The molecule has 0 saturated carbocycles. The van der Waals surface area contributed by atoms with E-state index in [2.05, 4.69) is 21.4 Å². The average molecular weight is 310 g/mol. The van der Waals surface area contributed by atoms with Crippen molar-refractivity contribution in [2.75, 3.05) is 19.6 Å². The summed E-state index contributed by atoms with van der Waals surface area (Å²) in [5.41, 5.74) is 2.06. The summed E-state index contributed by atoms with van der Waals surface area (Å²) in [6.07, 6.45) is 2.68. The number of hydrogen-bond donors (Lipinski definition) is 1. The fourth-order valence-electron chi connectivity index (χ4n) is 3.12. The molecule has 0 amide bonds. The van der Waals surface area contributed by atoms with Crippen molar-refractivity contribution in [3.8, 4) is 0 Å². The number of aromatic nitrogens is 2. The SMILES string of the molecule is CC(CN1CCCC1)Cn1c(=S)[nH]c2cccc(Cl)c21. The molecule has 3 nitrogen and oxygen atoms in total. The van der Waals surface area contributed by atoms with Gasteiger partial charge in [-0.05, 0) is 56.2 Å². The Kier molecular flexibility index (Phi) is 4.15. The highest BCUT2D eigenvalue weighted by Gasteiger charge is 2.16. The predicted octanol–water partition coefficient (Wildman–Crippen LogP) is 4.08. The van der Waals surface area contributed by atoms with E-state index < -0.39 is 0 Å². The van der Waals surface area contributed by atoms with Crippen LogP contribution in [0.2, 0.25) is 5.02 Å². The first-order valence-corrected chi connectivity index (χ1v) is 8.03. The summed E-state index contributed by atoms with van der Waals surface area (Å²) < 4.78 is 2.91. The number of rotatable bonds is 4. The van der Waals surface area contributed by atoms with Gasteiger partial charge in [-0.25, -0.2) is 0 Å². The average Bonchev–Trinajstić information content (AvgIpc) is 2.99. The summed E-state index contributed by atoms with van der Waals surface area (Å²) >= 11 is 11.8. The zero-order chi connectivity index (χ0) is 14.1. The maximum atomic E-state index is 6.33.